The van der Waals surface area contributed by atoms with Crippen molar-refractivity contribution in [2.24, 2.45) is 0 Å². The van der Waals surface area contributed by atoms with E-state index in [2.05, 4.69) is 5.32 Å². The lowest BCUT2D eigenvalue weighted by molar-refractivity contribution is 0.0113. The maximum atomic E-state index is 13.9. The van der Waals surface area contributed by atoms with Gasteiger partial charge in [-0.05, 0) is 51.0 Å². The molecule has 0 bridgehead atoms. The van der Waals surface area contributed by atoms with E-state index >= 15 is 0 Å². The summed E-state index contributed by atoms with van der Waals surface area (Å²) < 4.78 is 38.7. The molecule has 2 aromatic rings. The Morgan fingerprint density at radius 2 is 2.08 bits per heavy atom. The summed E-state index contributed by atoms with van der Waals surface area (Å²) in [5.74, 6) is -2.60. The van der Waals surface area contributed by atoms with E-state index in [1.807, 2.05) is 12.1 Å². The van der Waals surface area contributed by atoms with Gasteiger partial charge in [-0.2, -0.15) is 0 Å². The summed E-state index contributed by atoms with van der Waals surface area (Å²) >= 11 is 6.40. The van der Waals surface area contributed by atoms with E-state index in [0.29, 0.717) is 54.1 Å². The molecular weight excluding hydrogens is 518 g/mol. The quantitative estimate of drug-likeness (QED) is 0.512. The molecule has 0 spiro atoms. The molecule has 1 aromatic carbocycles. The molecule has 1 atom stereocenters. The first-order valence-corrected chi connectivity index (χ1v) is 13.1. The Kier molecular flexibility index (Phi) is 7.08. The van der Waals surface area contributed by atoms with Crippen LogP contribution in [0.25, 0.3) is 0 Å². The Hall–Kier alpha value is -2.82. The Morgan fingerprint density at radius 1 is 1.29 bits per heavy atom. The molecule has 11 heteroatoms. The summed E-state index contributed by atoms with van der Waals surface area (Å²) in [6.07, 6.45) is -0.0659. The fraction of sp³-hybridized carbons (Fsp3) is 0.519. The summed E-state index contributed by atoms with van der Waals surface area (Å²) in [5, 5.41) is 3.57. The predicted octanol–water partition coefficient (Wildman–Crippen LogP) is 5.71. The number of alkyl halides is 2. The lowest BCUT2D eigenvalue weighted by atomic mass is 9.96. The van der Waals surface area contributed by atoms with Crippen LogP contribution in [-0.4, -0.2) is 64.6 Å². The van der Waals surface area contributed by atoms with Gasteiger partial charge in [0.05, 0.1) is 36.6 Å². The second-order valence-electron chi connectivity index (χ2n) is 11.1. The van der Waals surface area contributed by atoms with Crippen LogP contribution in [0.15, 0.2) is 24.3 Å². The highest BCUT2D eigenvalue weighted by Gasteiger charge is 2.40. The molecule has 0 aliphatic carbocycles. The summed E-state index contributed by atoms with van der Waals surface area (Å²) in [7, 11) is 0. The first-order valence-electron chi connectivity index (χ1n) is 12.7. The second kappa shape index (κ2) is 10.1. The van der Waals surface area contributed by atoms with Crippen molar-refractivity contribution >= 4 is 35.1 Å². The largest absolute Gasteiger partial charge is 0.443 e. The maximum Gasteiger partial charge on any atom is 0.417 e. The van der Waals surface area contributed by atoms with E-state index in [1.165, 1.54) is 0 Å². The molecule has 0 saturated carbocycles. The number of pyridine rings is 1. The Balaban J connectivity index is 1.43. The zero-order chi connectivity index (χ0) is 27.2. The monoisotopic (exact) mass is 548 g/mol. The predicted molar refractivity (Wildman–Crippen MR) is 138 cm³/mol. The molecule has 2 fully saturated rings. The molecule has 1 N–H and O–H groups in total. The van der Waals surface area contributed by atoms with Crippen LogP contribution in [0.5, 0.6) is 0 Å². The number of benzene rings is 1. The smallest absolute Gasteiger partial charge is 0.417 e. The minimum Gasteiger partial charge on any atom is -0.443 e. The molecule has 2 amide bonds. The van der Waals surface area contributed by atoms with Gasteiger partial charge in [0.15, 0.2) is 0 Å². The fourth-order valence-corrected chi connectivity index (χ4v) is 5.32. The van der Waals surface area contributed by atoms with Crippen molar-refractivity contribution in [3.63, 3.8) is 0 Å². The number of amides is 2. The van der Waals surface area contributed by atoms with Gasteiger partial charge >= 0.3 is 6.09 Å². The van der Waals surface area contributed by atoms with Crippen molar-refractivity contribution in [3.05, 3.63) is 51.7 Å². The highest BCUT2D eigenvalue weighted by molar-refractivity contribution is 6.32. The molecule has 4 heterocycles. The molecule has 0 radical (unpaired) electrons. The average Bonchev–Trinajstić information content (AvgIpc) is 3.55. The fourth-order valence-electron chi connectivity index (χ4n) is 5.11. The van der Waals surface area contributed by atoms with Crippen molar-refractivity contribution in [2.75, 3.05) is 31.6 Å². The van der Waals surface area contributed by atoms with Crippen LogP contribution in [0, 0.1) is 0 Å². The van der Waals surface area contributed by atoms with E-state index in [4.69, 9.17) is 26.1 Å². The van der Waals surface area contributed by atoms with E-state index in [0.717, 1.165) is 16.9 Å². The SMILES string of the molecule is CC(C)(C)OC(=O)N1Cc2c(Cl)ccc(Nc3ccc(C4CCOC4)c(CN4CCC(F)(F)C4)n3)c2C1=O. The van der Waals surface area contributed by atoms with Crippen LogP contribution >= 0.6 is 11.6 Å². The van der Waals surface area contributed by atoms with Crippen LogP contribution in [0.2, 0.25) is 5.02 Å². The highest BCUT2D eigenvalue weighted by atomic mass is 35.5. The van der Waals surface area contributed by atoms with Crippen LogP contribution in [0.3, 0.4) is 0 Å². The number of aromatic nitrogens is 1. The molecule has 8 nitrogen and oxygen atoms in total. The number of likely N-dealkylation sites (tertiary alicyclic amines) is 1. The summed E-state index contributed by atoms with van der Waals surface area (Å²) in [4.78, 5) is 33.5. The molecule has 3 aliphatic heterocycles. The standard InChI is InChI=1S/C27H31ClF2N4O4/c1-26(2,3)38-25(36)34-12-18-19(28)5-6-20(23(18)24(34)35)31-22-7-4-17(16-8-11-37-14-16)21(32-22)13-33-10-9-27(29,30)15-33/h4-7,16H,8-15H2,1-3H3,(H,31,32). The van der Waals surface area contributed by atoms with Crippen LogP contribution in [0.4, 0.5) is 25.1 Å². The van der Waals surface area contributed by atoms with Crippen molar-refractivity contribution in [1.82, 2.24) is 14.8 Å². The van der Waals surface area contributed by atoms with Gasteiger partial charge in [-0.1, -0.05) is 17.7 Å². The number of carbonyl (C=O) groups excluding carboxylic acids is 2. The first-order chi connectivity index (χ1) is 17.9. The van der Waals surface area contributed by atoms with E-state index in [9.17, 15) is 18.4 Å². The lowest BCUT2D eigenvalue weighted by Gasteiger charge is -2.23. The minimum atomic E-state index is -2.70. The molecule has 204 valence electrons. The molecule has 38 heavy (non-hydrogen) atoms. The number of anilines is 2. The van der Waals surface area contributed by atoms with Gasteiger partial charge < -0.3 is 14.8 Å². The normalized spacial score (nSPS) is 21.2. The second-order valence-corrected chi connectivity index (χ2v) is 11.5. The van der Waals surface area contributed by atoms with E-state index < -0.39 is 23.5 Å². The van der Waals surface area contributed by atoms with E-state index in [1.54, 1.807) is 37.8 Å². The number of nitrogens with one attached hydrogen (secondary N) is 1. The first kappa shape index (κ1) is 26.8. The number of hydrogen-bond donors (Lipinski definition) is 1. The molecule has 1 aromatic heterocycles. The molecule has 3 aliphatic rings. The average molecular weight is 549 g/mol. The Bertz CT molecular complexity index is 1260. The third-order valence-corrected chi connectivity index (χ3v) is 7.26. The Morgan fingerprint density at radius 3 is 2.74 bits per heavy atom. The number of imide groups is 1. The van der Waals surface area contributed by atoms with Crippen LogP contribution in [0.1, 0.15) is 66.7 Å². The molecule has 1 unspecified atom stereocenters. The third-order valence-electron chi connectivity index (χ3n) is 6.91. The lowest BCUT2D eigenvalue weighted by Crippen LogP contribution is -2.37. The minimum absolute atomic E-state index is 0.0000979. The number of carbonyl (C=O) groups is 2. The van der Waals surface area contributed by atoms with E-state index in [-0.39, 0.29) is 31.0 Å². The summed E-state index contributed by atoms with van der Waals surface area (Å²) in [6.45, 7) is 6.70. The van der Waals surface area contributed by atoms with Gasteiger partial charge in [0.25, 0.3) is 11.8 Å². The zero-order valence-electron chi connectivity index (χ0n) is 21.7. The molecular formula is C27H31ClF2N4O4. The van der Waals surface area contributed by atoms with Crippen molar-refractivity contribution in [1.29, 1.82) is 0 Å². The third kappa shape index (κ3) is 5.62. The number of fused-ring (bicyclic) bond motifs is 1. The highest BCUT2D eigenvalue weighted by Crippen LogP contribution is 2.37. The van der Waals surface area contributed by atoms with Gasteiger partial charge in [-0.15, -0.1) is 0 Å². The number of ether oxygens (including phenoxy) is 2. The summed E-state index contributed by atoms with van der Waals surface area (Å²) in [5.41, 5.74) is 2.17. The van der Waals surface area contributed by atoms with Crippen molar-refractivity contribution < 1.29 is 27.8 Å². The topological polar surface area (TPSA) is 84.0 Å². The number of hydrogen-bond acceptors (Lipinski definition) is 7. The van der Waals surface area contributed by atoms with Gasteiger partial charge in [0.1, 0.15) is 11.4 Å². The number of nitrogens with zero attached hydrogens (tertiary/aromatic N) is 3. The van der Waals surface area contributed by atoms with Crippen molar-refractivity contribution in [3.8, 4) is 0 Å². The van der Waals surface area contributed by atoms with Crippen LogP contribution < -0.4 is 5.32 Å². The van der Waals surface area contributed by atoms with Gasteiger partial charge in [0, 0.05) is 42.6 Å². The molecule has 5 rings (SSSR count). The van der Waals surface area contributed by atoms with Gasteiger partial charge in [-0.3, -0.25) is 9.69 Å². The zero-order valence-corrected chi connectivity index (χ0v) is 22.4. The van der Waals surface area contributed by atoms with Gasteiger partial charge in [0.2, 0.25) is 0 Å². The summed E-state index contributed by atoms with van der Waals surface area (Å²) in [6, 6.07) is 7.08. The maximum absolute atomic E-state index is 13.9. The van der Waals surface area contributed by atoms with Gasteiger partial charge in [-0.25, -0.2) is 23.5 Å². The Labute approximate surface area is 225 Å². The molecule has 2 saturated heterocycles. The van der Waals surface area contributed by atoms with Crippen LogP contribution in [-0.2, 0) is 22.6 Å². The number of halogens is 3. The van der Waals surface area contributed by atoms with Crippen molar-refractivity contribution in [2.45, 2.75) is 64.1 Å². The number of rotatable bonds is 5.